The van der Waals surface area contributed by atoms with Gasteiger partial charge in [-0.1, -0.05) is 34.7 Å². The highest BCUT2D eigenvalue weighted by Crippen LogP contribution is 2.57. The molecule has 0 radical (unpaired) electrons. The molecule has 6 heteroatoms. The van der Waals surface area contributed by atoms with E-state index in [1.54, 1.807) is 24.3 Å². The van der Waals surface area contributed by atoms with E-state index in [0.717, 1.165) is 15.6 Å². The molecule has 2 N–H and O–H groups in total. The normalized spacial score (nSPS) is 15.5. The fraction of sp³-hybridized carbons (Fsp3) is 0.0952. The van der Waals surface area contributed by atoms with Crippen LogP contribution in [0.3, 0.4) is 0 Å². The van der Waals surface area contributed by atoms with Gasteiger partial charge in [-0.2, -0.15) is 0 Å². The summed E-state index contributed by atoms with van der Waals surface area (Å²) >= 11 is 2.25. The van der Waals surface area contributed by atoms with Gasteiger partial charge in [0.05, 0.1) is 5.56 Å². The summed E-state index contributed by atoms with van der Waals surface area (Å²) in [6.45, 7) is 0. The number of carbonyl (C=O) groups is 1. The van der Waals surface area contributed by atoms with Crippen molar-refractivity contribution in [3.8, 4) is 23.0 Å². The van der Waals surface area contributed by atoms with Crippen LogP contribution in [0, 0.1) is 0 Å². The van der Waals surface area contributed by atoms with Crippen molar-refractivity contribution in [2.24, 2.45) is 0 Å². The Morgan fingerprint density at radius 3 is 2.04 bits per heavy atom. The van der Waals surface area contributed by atoms with E-state index in [4.69, 9.17) is 9.47 Å². The lowest BCUT2D eigenvalue weighted by molar-refractivity contribution is 0.0224. The second-order valence-electron chi connectivity index (χ2n) is 6.55. The smallest absolute Gasteiger partial charge is 0.340 e. The van der Waals surface area contributed by atoms with Gasteiger partial charge in [0.25, 0.3) is 0 Å². The monoisotopic (exact) mass is 472 g/mol. The van der Waals surface area contributed by atoms with E-state index in [1.807, 2.05) is 18.2 Å². The van der Waals surface area contributed by atoms with Crippen molar-refractivity contribution in [1.82, 2.24) is 0 Å². The second-order valence-corrected chi connectivity index (χ2v) is 7.31. The highest BCUT2D eigenvalue weighted by Gasteiger charge is 2.53. The molecule has 1 spiro atoms. The lowest BCUT2D eigenvalue weighted by Crippen LogP contribution is -2.32. The Morgan fingerprint density at radius 2 is 1.44 bits per heavy atom. The van der Waals surface area contributed by atoms with Gasteiger partial charge in [-0.3, -0.25) is 0 Å². The van der Waals surface area contributed by atoms with Crippen LogP contribution < -0.4 is 4.74 Å². The van der Waals surface area contributed by atoms with Crippen LogP contribution in [0.4, 0.5) is 0 Å². The molecule has 0 bridgehead atoms. The third-order valence-corrected chi connectivity index (χ3v) is 5.87. The third kappa shape index (κ3) is 2.19. The number of aromatic hydroxyl groups is 2. The number of alkyl halides is 1. The molecule has 3 aromatic rings. The van der Waals surface area contributed by atoms with Gasteiger partial charge in [-0.15, -0.1) is 0 Å². The number of esters is 1. The highest BCUT2D eigenvalue weighted by atomic mass is 127. The standard InChI is InChI=1S/C21H13IO5/c22-10-11-1-4-15-14(7-11)20(25)27-21(15)16-5-2-12(23)8-18(16)26-19-9-13(24)3-6-17(19)21/h1-9,23-24H,10H2. The van der Waals surface area contributed by atoms with Crippen LogP contribution in [-0.2, 0) is 14.8 Å². The lowest BCUT2D eigenvalue weighted by Gasteiger charge is -2.36. The van der Waals surface area contributed by atoms with Crippen LogP contribution >= 0.6 is 22.6 Å². The highest BCUT2D eigenvalue weighted by molar-refractivity contribution is 14.1. The van der Waals surface area contributed by atoms with Crippen molar-refractivity contribution < 1.29 is 24.5 Å². The quantitative estimate of drug-likeness (QED) is 0.308. The molecule has 0 saturated carbocycles. The second kappa shape index (κ2) is 5.63. The van der Waals surface area contributed by atoms with Gasteiger partial charge in [0.15, 0.2) is 5.60 Å². The van der Waals surface area contributed by atoms with Crippen molar-refractivity contribution in [3.63, 3.8) is 0 Å². The molecular weight excluding hydrogens is 459 g/mol. The fourth-order valence-corrected chi connectivity index (χ4v) is 4.31. The predicted molar refractivity (Wildman–Crippen MR) is 106 cm³/mol. The van der Waals surface area contributed by atoms with E-state index in [1.165, 1.54) is 12.1 Å². The average molecular weight is 472 g/mol. The van der Waals surface area contributed by atoms with E-state index >= 15 is 0 Å². The number of phenolic OH excluding ortho intramolecular Hbond substituents is 2. The van der Waals surface area contributed by atoms with Crippen LogP contribution in [0.25, 0.3) is 0 Å². The number of ether oxygens (including phenoxy) is 2. The van der Waals surface area contributed by atoms with Gasteiger partial charge in [-0.05, 0) is 35.9 Å². The van der Waals surface area contributed by atoms with E-state index in [-0.39, 0.29) is 11.5 Å². The topological polar surface area (TPSA) is 76.0 Å². The Bertz CT molecular complexity index is 1070. The van der Waals surface area contributed by atoms with Gasteiger partial charge in [0.1, 0.15) is 23.0 Å². The molecule has 2 aliphatic heterocycles. The first kappa shape index (κ1) is 16.4. The van der Waals surface area contributed by atoms with Gasteiger partial charge in [0, 0.05) is 33.3 Å². The summed E-state index contributed by atoms with van der Waals surface area (Å²) in [4.78, 5) is 12.8. The number of phenols is 2. The van der Waals surface area contributed by atoms with Gasteiger partial charge >= 0.3 is 5.97 Å². The molecule has 0 aromatic heterocycles. The Labute approximate surface area is 168 Å². The lowest BCUT2D eigenvalue weighted by atomic mass is 9.77. The van der Waals surface area contributed by atoms with Crippen LogP contribution in [-0.4, -0.2) is 16.2 Å². The minimum absolute atomic E-state index is 0.0392. The molecule has 3 aromatic carbocycles. The summed E-state index contributed by atoms with van der Waals surface area (Å²) < 4.78 is 12.7. The summed E-state index contributed by atoms with van der Waals surface area (Å²) in [6.07, 6.45) is 0. The Kier molecular flexibility index (Phi) is 3.42. The van der Waals surface area contributed by atoms with Crippen LogP contribution in [0.1, 0.15) is 32.6 Å². The third-order valence-electron chi connectivity index (χ3n) is 4.99. The number of hydrogen-bond donors (Lipinski definition) is 2. The first-order chi connectivity index (χ1) is 13.0. The van der Waals surface area contributed by atoms with E-state index in [0.29, 0.717) is 28.2 Å². The van der Waals surface area contributed by atoms with E-state index in [2.05, 4.69) is 22.6 Å². The van der Waals surface area contributed by atoms with Gasteiger partial charge < -0.3 is 19.7 Å². The fourth-order valence-electron chi connectivity index (χ4n) is 3.84. The van der Waals surface area contributed by atoms with Crippen LogP contribution in [0.5, 0.6) is 23.0 Å². The van der Waals surface area contributed by atoms with Gasteiger partial charge in [0.2, 0.25) is 0 Å². The first-order valence-electron chi connectivity index (χ1n) is 8.30. The number of fused-ring (bicyclic) bond motifs is 6. The molecule has 2 aliphatic rings. The zero-order chi connectivity index (χ0) is 18.8. The van der Waals surface area contributed by atoms with Crippen molar-refractivity contribution in [3.05, 3.63) is 82.4 Å². The summed E-state index contributed by atoms with van der Waals surface area (Å²) in [6, 6.07) is 15.2. The first-order valence-corrected chi connectivity index (χ1v) is 9.83. The Morgan fingerprint density at radius 1 is 0.852 bits per heavy atom. The number of hydrogen-bond acceptors (Lipinski definition) is 5. The zero-order valence-electron chi connectivity index (χ0n) is 13.9. The van der Waals surface area contributed by atoms with Crippen molar-refractivity contribution >= 4 is 28.6 Å². The average Bonchev–Trinajstić information content (AvgIpc) is 2.94. The maximum Gasteiger partial charge on any atom is 0.340 e. The molecule has 0 unspecified atom stereocenters. The molecule has 2 heterocycles. The van der Waals surface area contributed by atoms with Gasteiger partial charge in [-0.25, -0.2) is 4.79 Å². The molecule has 0 atom stereocenters. The molecule has 0 aliphatic carbocycles. The van der Waals surface area contributed by atoms with Crippen LogP contribution in [0.15, 0.2) is 54.6 Å². The van der Waals surface area contributed by atoms with E-state index < -0.39 is 11.6 Å². The molecular formula is C21H13IO5. The molecule has 0 amide bonds. The van der Waals surface area contributed by atoms with Crippen molar-refractivity contribution in [1.29, 1.82) is 0 Å². The largest absolute Gasteiger partial charge is 0.508 e. The number of rotatable bonds is 1. The molecule has 0 saturated heterocycles. The SMILES string of the molecule is O=C1OC2(c3ccc(O)cc3Oc3cc(O)ccc32)c2ccc(CI)cc21. The zero-order valence-corrected chi connectivity index (χ0v) is 16.1. The summed E-state index contributed by atoms with van der Waals surface area (Å²) in [5, 5.41) is 19.8. The summed E-state index contributed by atoms with van der Waals surface area (Å²) in [5.74, 6) is 0.435. The molecule has 5 nitrogen and oxygen atoms in total. The molecule has 27 heavy (non-hydrogen) atoms. The Hall–Kier alpha value is -2.74. The minimum Gasteiger partial charge on any atom is -0.508 e. The number of halogens is 1. The van der Waals surface area contributed by atoms with Crippen LogP contribution in [0.2, 0.25) is 0 Å². The minimum atomic E-state index is -1.18. The number of benzene rings is 3. The molecule has 134 valence electrons. The predicted octanol–water partition coefficient (Wildman–Crippen LogP) is 4.60. The Balaban J connectivity index is 1.87. The maximum absolute atomic E-state index is 12.8. The summed E-state index contributed by atoms with van der Waals surface area (Å²) in [7, 11) is 0. The molecule has 5 rings (SSSR count). The number of carbonyl (C=O) groups excluding carboxylic acids is 1. The maximum atomic E-state index is 12.8. The summed E-state index contributed by atoms with van der Waals surface area (Å²) in [5.41, 5.74) is 2.36. The van der Waals surface area contributed by atoms with E-state index in [9.17, 15) is 15.0 Å². The van der Waals surface area contributed by atoms with Crippen molar-refractivity contribution in [2.75, 3.05) is 0 Å². The molecule has 0 fully saturated rings. The van der Waals surface area contributed by atoms with Crippen molar-refractivity contribution in [2.45, 2.75) is 10.0 Å².